The van der Waals surface area contributed by atoms with Gasteiger partial charge in [-0.1, -0.05) is 6.42 Å². The van der Waals surface area contributed by atoms with Crippen molar-refractivity contribution in [3.63, 3.8) is 0 Å². The van der Waals surface area contributed by atoms with Crippen molar-refractivity contribution in [2.45, 2.75) is 26.2 Å². The number of hydrogen-bond acceptors (Lipinski definition) is 7. The number of unbranched alkanes of at least 4 members (excludes halogenated alkanes) is 2. The smallest absolute Gasteiger partial charge is 0.240 e. The summed E-state index contributed by atoms with van der Waals surface area (Å²) in [5.41, 5.74) is 2.53. The number of aromatic nitrogens is 2. The molecule has 0 saturated heterocycles. The predicted molar refractivity (Wildman–Crippen MR) is 90.7 cm³/mol. The van der Waals surface area contributed by atoms with Crippen LogP contribution >= 0.6 is 23.1 Å². The van der Waals surface area contributed by atoms with Gasteiger partial charge >= 0.3 is 0 Å². The lowest BCUT2D eigenvalue weighted by atomic mass is 10.2. The molecule has 0 radical (unpaired) electrons. The third-order valence-corrected chi connectivity index (χ3v) is 4.60. The normalized spacial score (nSPS) is 10.9. The molecule has 0 spiro atoms. The zero-order valence-corrected chi connectivity index (χ0v) is 13.5. The van der Waals surface area contributed by atoms with Gasteiger partial charge in [-0.05, 0) is 37.8 Å². The highest BCUT2D eigenvalue weighted by atomic mass is 32.2. The molecule has 0 aromatic carbocycles. The van der Waals surface area contributed by atoms with E-state index < -0.39 is 0 Å². The molecule has 0 aliphatic heterocycles. The van der Waals surface area contributed by atoms with E-state index in [0.717, 1.165) is 29.0 Å². The van der Waals surface area contributed by atoms with E-state index in [1.165, 1.54) is 23.5 Å². The van der Waals surface area contributed by atoms with Crippen molar-refractivity contribution in [3.05, 3.63) is 10.9 Å². The summed E-state index contributed by atoms with van der Waals surface area (Å²) in [6.45, 7) is 3.01. The molecule has 0 amide bonds. The first-order chi connectivity index (χ1) is 9.74. The fourth-order valence-electron chi connectivity index (χ4n) is 2.00. The molecule has 20 heavy (non-hydrogen) atoms. The van der Waals surface area contributed by atoms with Gasteiger partial charge in [0.2, 0.25) is 5.95 Å². The Morgan fingerprint density at radius 1 is 1.30 bits per heavy atom. The highest BCUT2D eigenvalue weighted by Gasteiger charge is 2.09. The number of hydrazine groups is 1. The van der Waals surface area contributed by atoms with Crippen LogP contribution in [0.3, 0.4) is 0 Å². The topological polar surface area (TPSA) is 75.9 Å². The first-order valence-electron chi connectivity index (χ1n) is 6.72. The predicted octanol–water partition coefficient (Wildman–Crippen LogP) is 3.23. The summed E-state index contributed by atoms with van der Waals surface area (Å²) in [5.74, 6) is 8.00. The quantitative estimate of drug-likeness (QED) is 0.395. The van der Waals surface area contributed by atoms with E-state index in [-0.39, 0.29) is 0 Å². The van der Waals surface area contributed by atoms with Crippen molar-refractivity contribution in [2.24, 2.45) is 5.84 Å². The minimum Gasteiger partial charge on any atom is -0.369 e. The van der Waals surface area contributed by atoms with Gasteiger partial charge in [0, 0.05) is 11.4 Å². The zero-order valence-electron chi connectivity index (χ0n) is 11.9. The number of fused-ring (bicyclic) bond motifs is 1. The van der Waals surface area contributed by atoms with Gasteiger partial charge in [0.1, 0.15) is 10.6 Å². The Kier molecular flexibility index (Phi) is 5.87. The fraction of sp³-hybridized carbons (Fsp3) is 0.538. The first-order valence-corrected chi connectivity index (χ1v) is 8.93. The number of hydrogen-bond donors (Lipinski definition) is 3. The third kappa shape index (κ3) is 3.97. The Morgan fingerprint density at radius 3 is 2.90 bits per heavy atom. The Labute approximate surface area is 127 Å². The van der Waals surface area contributed by atoms with Gasteiger partial charge in [-0.2, -0.15) is 16.7 Å². The van der Waals surface area contributed by atoms with Crippen LogP contribution in [0.15, 0.2) is 6.07 Å². The second-order valence-corrected chi connectivity index (χ2v) is 6.82. The Hall–Kier alpha value is -1.05. The summed E-state index contributed by atoms with van der Waals surface area (Å²) < 4.78 is 0. The van der Waals surface area contributed by atoms with Gasteiger partial charge in [0.25, 0.3) is 0 Å². The molecule has 0 aliphatic carbocycles. The zero-order chi connectivity index (χ0) is 14.4. The maximum atomic E-state index is 5.43. The van der Waals surface area contributed by atoms with Crippen LogP contribution in [0.25, 0.3) is 10.2 Å². The summed E-state index contributed by atoms with van der Waals surface area (Å²) in [6, 6.07) is 2.12. The van der Waals surface area contributed by atoms with E-state index in [4.69, 9.17) is 5.84 Å². The molecular formula is C13H21N5S2. The van der Waals surface area contributed by atoms with Gasteiger partial charge in [-0.15, -0.1) is 11.3 Å². The largest absolute Gasteiger partial charge is 0.369 e. The number of nitrogens with one attached hydrogen (secondary N) is 2. The highest BCUT2D eigenvalue weighted by molar-refractivity contribution is 7.98. The number of nitrogens with two attached hydrogens (primary N) is 1. The molecule has 0 aliphatic rings. The average Bonchev–Trinajstić information content (AvgIpc) is 2.82. The standard InChI is InChI=1S/C13H21N5S2/c1-9-8-10-11(15-6-4-3-5-7-19-2)16-13(18-14)17-12(10)20-9/h8H,3-7,14H2,1-2H3,(H2,15,16,17,18). The van der Waals surface area contributed by atoms with Crippen LogP contribution in [0, 0.1) is 6.92 Å². The van der Waals surface area contributed by atoms with Crippen molar-refractivity contribution in [1.82, 2.24) is 9.97 Å². The summed E-state index contributed by atoms with van der Waals surface area (Å²) in [5, 5.41) is 4.49. The molecule has 0 bridgehead atoms. The molecule has 2 aromatic rings. The number of thioether (sulfide) groups is 1. The number of thiophene rings is 1. The average molecular weight is 311 g/mol. The van der Waals surface area contributed by atoms with Crippen molar-refractivity contribution in [3.8, 4) is 0 Å². The molecule has 5 nitrogen and oxygen atoms in total. The van der Waals surface area contributed by atoms with E-state index in [1.54, 1.807) is 11.3 Å². The van der Waals surface area contributed by atoms with Gasteiger partial charge < -0.3 is 5.32 Å². The van der Waals surface area contributed by atoms with Crippen LogP contribution in [-0.4, -0.2) is 28.5 Å². The van der Waals surface area contributed by atoms with Crippen LogP contribution in [-0.2, 0) is 0 Å². The van der Waals surface area contributed by atoms with E-state index in [2.05, 4.69) is 40.0 Å². The minimum absolute atomic E-state index is 0.462. The summed E-state index contributed by atoms with van der Waals surface area (Å²) >= 11 is 3.56. The van der Waals surface area contributed by atoms with Crippen LogP contribution < -0.4 is 16.6 Å². The fourth-order valence-corrected chi connectivity index (χ4v) is 3.37. The SMILES string of the molecule is CSCCCCCNc1nc(NN)nc2sc(C)cc12. The molecule has 0 atom stereocenters. The van der Waals surface area contributed by atoms with Crippen LogP contribution in [0.2, 0.25) is 0 Å². The van der Waals surface area contributed by atoms with Crippen molar-refractivity contribution >= 4 is 45.1 Å². The molecule has 2 heterocycles. The molecule has 2 rings (SSSR count). The summed E-state index contributed by atoms with van der Waals surface area (Å²) in [7, 11) is 0. The van der Waals surface area contributed by atoms with Crippen molar-refractivity contribution in [2.75, 3.05) is 29.3 Å². The number of aryl methyl sites for hydroxylation is 1. The van der Waals surface area contributed by atoms with Gasteiger partial charge in [0.05, 0.1) is 5.39 Å². The Balaban J connectivity index is 2.00. The van der Waals surface area contributed by atoms with Crippen molar-refractivity contribution < 1.29 is 0 Å². The minimum atomic E-state index is 0.462. The Morgan fingerprint density at radius 2 is 2.15 bits per heavy atom. The van der Waals surface area contributed by atoms with Crippen LogP contribution in [0.1, 0.15) is 24.1 Å². The van der Waals surface area contributed by atoms with Gasteiger partial charge in [0.15, 0.2) is 0 Å². The Bertz CT molecular complexity index is 555. The molecule has 7 heteroatoms. The van der Waals surface area contributed by atoms with Crippen LogP contribution in [0.5, 0.6) is 0 Å². The molecule has 110 valence electrons. The lowest BCUT2D eigenvalue weighted by Gasteiger charge is -2.08. The number of anilines is 2. The maximum absolute atomic E-state index is 5.43. The molecular weight excluding hydrogens is 290 g/mol. The second-order valence-electron chi connectivity index (χ2n) is 4.60. The number of rotatable bonds is 8. The second kappa shape index (κ2) is 7.66. The monoisotopic (exact) mass is 311 g/mol. The highest BCUT2D eigenvalue weighted by Crippen LogP contribution is 2.29. The third-order valence-electron chi connectivity index (χ3n) is 2.96. The molecule has 0 fully saturated rings. The number of nitrogen functional groups attached to an aromatic ring is 1. The van der Waals surface area contributed by atoms with E-state index in [1.807, 2.05) is 11.8 Å². The molecule has 4 N–H and O–H groups in total. The summed E-state index contributed by atoms with van der Waals surface area (Å²) in [6.07, 6.45) is 5.82. The first kappa shape index (κ1) is 15.3. The maximum Gasteiger partial charge on any atom is 0.240 e. The molecule has 2 aromatic heterocycles. The van der Waals surface area contributed by atoms with E-state index in [0.29, 0.717) is 5.95 Å². The van der Waals surface area contributed by atoms with E-state index in [9.17, 15) is 0 Å². The van der Waals surface area contributed by atoms with Crippen LogP contribution in [0.4, 0.5) is 11.8 Å². The lowest BCUT2D eigenvalue weighted by Crippen LogP contribution is -2.12. The van der Waals surface area contributed by atoms with E-state index >= 15 is 0 Å². The van der Waals surface area contributed by atoms with Crippen molar-refractivity contribution in [1.29, 1.82) is 0 Å². The molecule has 0 unspecified atom stereocenters. The van der Waals surface area contributed by atoms with Gasteiger partial charge in [-0.3, -0.25) is 5.43 Å². The lowest BCUT2D eigenvalue weighted by molar-refractivity contribution is 0.748. The molecule has 0 saturated carbocycles. The number of nitrogens with zero attached hydrogens (tertiary/aromatic N) is 2. The summed E-state index contributed by atoms with van der Waals surface area (Å²) in [4.78, 5) is 11.0. The van der Waals surface area contributed by atoms with Gasteiger partial charge in [-0.25, -0.2) is 10.8 Å².